The number of hydrogen-bond donors (Lipinski definition) is 1. The van der Waals surface area contributed by atoms with Gasteiger partial charge in [-0.2, -0.15) is 5.10 Å². The molecule has 3 aromatic rings. The molecule has 3 aromatic carbocycles. The smallest absolute Gasteiger partial charge is 0.271 e. The first-order valence-corrected chi connectivity index (χ1v) is 8.37. The van der Waals surface area contributed by atoms with Crippen molar-refractivity contribution in [3.05, 3.63) is 101 Å². The third-order valence-corrected chi connectivity index (χ3v) is 3.82. The average molecular weight is 344 g/mol. The highest BCUT2D eigenvalue weighted by Gasteiger charge is 2.04. The van der Waals surface area contributed by atoms with Crippen molar-refractivity contribution in [3.8, 4) is 5.75 Å². The second-order valence-corrected chi connectivity index (χ2v) is 5.91. The molecule has 130 valence electrons. The minimum atomic E-state index is -0.247. The summed E-state index contributed by atoms with van der Waals surface area (Å²) in [6.07, 6.45) is 1.61. The Kier molecular flexibility index (Phi) is 5.78. The maximum atomic E-state index is 12.1. The van der Waals surface area contributed by atoms with E-state index < -0.39 is 0 Å². The third-order valence-electron chi connectivity index (χ3n) is 3.82. The third kappa shape index (κ3) is 5.05. The maximum absolute atomic E-state index is 12.1. The molecule has 0 aliphatic heterocycles. The number of hydrogen-bond acceptors (Lipinski definition) is 3. The van der Waals surface area contributed by atoms with Gasteiger partial charge in [-0.25, -0.2) is 5.43 Å². The molecule has 0 saturated heterocycles. The fourth-order valence-electron chi connectivity index (χ4n) is 2.32. The van der Waals surface area contributed by atoms with Crippen molar-refractivity contribution >= 4 is 12.1 Å². The lowest BCUT2D eigenvalue weighted by Gasteiger charge is -2.07. The predicted octanol–water partition coefficient (Wildman–Crippen LogP) is 4.34. The van der Waals surface area contributed by atoms with E-state index in [1.165, 1.54) is 5.56 Å². The molecule has 0 heterocycles. The lowest BCUT2D eigenvalue weighted by Crippen LogP contribution is -2.17. The molecule has 0 radical (unpaired) electrons. The maximum Gasteiger partial charge on any atom is 0.271 e. The number of carbonyl (C=O) groups excluding carboxylic acids is 1. The summed E-state index contributed by atoms with van der Waals surface area (Å²) in [6.45, 7) is 2.49. The summed E-state index contributed by atoms with van der Waals surface area (Å²) in [5, 5.41) is 3.97. The molecule has 26 heavy (non-hydrogen) atoms. The van der Waals surface area contributed by atoms with Crippen molar-refractivity contribution < 1.29 is 9.53 Å². The average Bonchev–Trinajstić information content (AvgIpc) is 2.69. The Labute approximate surface area is 153 Å². The first kappa shape index (κ1) is 17.4. The van der Waals surface area contributed by atoms with Gasteiger partial charge in [0.05, 0.1) is 6.21 Å². The van der Waals surface area contributed by atoms with Gasteiger partial charge in [0.1, 0.15) is 12.4 Å². The fraction of sp³-hybridized carbons (Fsp3) is 0.0909. The van der Waals surface area contributed by atoms with Crippen molar-refractivity contribution in [2.24, 2.45) is 5.10 Å². The number of nitrogens with one attached hydrogen (secondary N) is 1. The topological polar surface area (TPSA) is 50.7 Å². The Balaban J connectivity index is 1.52. The van der Waals surface area contributed by atoms with Crippen molar-refractivity contribution in [2.75, 3.05) is 0 Å². The van der Waals surface area contributed by atoms with E-state index in [0.717, 1.165) is 16.9 Å². The Bertz CT molecular complexity index is 870. The number of amides is 1. The molecular weight excluding hydrogens is 324 g/mol. The van der Waals surface area contributed by atoms with Gasteiger partial charge in [-0.3, -0.25) is 4.79 Å². The number of nitrogens with zero attached hydrogens (tertiary/aromatic N) is 1. The van der Waals surface area contributed by atoms with Crippen LogP contribution in [-0.4, -0.2) is 12.1 Å². The van der Waals surface area contributed by atoms with Crippen molar-refractivity contribution in [1.82, 2.24) is 5.43 Å². The monoisotopic (exact) mass is 344 g/mol. The van der Waals surface area contributed by atoms with Crippen LogP contribution in [0.3, 0.4) is 0 Å². The van der Waals surface area contributed by atoms with Gasteiger partial charge >= 0.3 is 0 Å². The van der Waals surface area contributed by atoms with Crippen LogP contribution in [-0.2, 0) is 6.61 Å². The molecule has 3 rings (SSSR count). The van der Waals surface area contributed by atoms with Crippen LogP contribution in [0.1, 0.15) is 27.0 Å². The van der Waals surface area contributed by atoms with Gasteiger partial charge in [0.2, 0.25) is 0 Å². The fourth-order valence-corrected chi connectivity index (χ4v) is 2.32. The summed E-state index contributed by atoms with van der Waals surface area (Å²) in [5.41, 5.74) is 6.20. The van der Waals surface area contributed by atoms with E-state index in [1.807, 2.05) is 73.7 Å². The van der Waals surface area contributed by atoms with E-state index in [1.54, 1.807) is 18.3 Å². The Hall–Kier alpha value is -3.40. The number of rotatable bonds is 6. The van der Waals surface area contributed by atoms with Crippen LogP contribution < -0.4 is 10.2 Å². The highest BCUT2D eigenvalue weighted by molar-refractivity contribution is 5.94. The zero-order valence-corrected chi connectivity index (χ0v) is 14.6. The minimum absolute atomic E-state index is 0.247. The first-order chi connectivity index (χ1) is 12.7. The summed E-state index contributed by atoms with van der Waals surface area (Å²) >= 11 is 0. The summed E-state index contributed by atoms with van der Waals surface area (Å²) in [4.78, 5) is 12.1. The van der Waals surface area contributed by atoms with Crippen molar-refractivity contribution in [3.63, 3.8) is 0 Å². The van der Waals surface area contributed by atoms with Crippen LogP contribution in [0.5, 0.6) is 5.75 Å². The normalized spacial score (nSPS) is 10.7. The summed E-state index contributed by atoms with van der Waals surface area (Å²) in [6, 6.07) is 24.8. The quantitative estimate of drug-likeness (QED) is 0.534. The summed E-state index contributed by atoms with van der Waals surface area (Å²) in [7, 11) is 0. The van der Waals surface area contributed by atoms with Crippen molar-refractivity contribution in [2.45, 2.75) is 13.5 Å². The molecule has 0 bridgehead atoms. The highest BCUT2D eigenvalue weighted by Crippen LogP contribution is 2.14. The molecule has 0 spiro atoms. The van der Waals surface area contributed by atoms with Gasteiger partial charge in [0, 0.05) is 5.56 Å². The number of aryl methyl sites for hydroxylation is 1. The Morgan fingerprint density at radius 3 is 2.35 bits per heavy atom. The van der Waals surface area contributed by atoms with Gasteiger partial charge in [0.25, 0.3) is 5.91 Å². The second-order valence-electron chi connectivity index (χ2n) is 5.91. The molecule has 0 atom stereocenters. The molecule has 0 unspecified atom stereocenters. The van der Waals surface area contributed by atoms with Gasteiger partial charge in [0.15, 0.2) is 0 Å². The largest absolute Gasteiger partial charge is 0.489 e. The van der Waals surface area contributed by atoms with Gasteiger partial charge in [-0.15, -0.1) is 0 Å². The van der Waals surface area contributed by atoms with E-state index in [0.29, 0.717) is 12.2 Å². The predicted molar refractivity (Wildman–Crippen MR) is 103 cm³/mol. The molecule has 4 nitrogen and oxygen atoms in total. The zero-order valence-electron chi connectivity index (χ0n) is 14.6. The van der Waals surface area contributed by atoms with Crippen LogP contribution in [0.2, 0.25) is 0 Å². The standard InChI is InChI=1S/C22H20N2O2/c1-17-7-13-21(14-8-17)26-16-19-9-11-20(12-10-19)22(25)24-23-15-18-5-3-2-4-6-18/h2-15H,16H2,1H3,(H,24,25)/b23-15+. The van der Waals surface area contributed by atoms with Gasteiger partial charge < -0.3 is 4.74 Å². The van der Waals surface area contributed by atoms with Crippen LogP contribution in [0, 0.1) is 6.92 Å². The summed E-state index contributed by atoms with van der Waals surface area (Å²) < 4.78 is 5.74. The second kappa shape index (κ2) is 8.62. The van der Waals surface area contributed by atoms with E-state index in [2.05, 4.69) is 10.5 Å². The minimum Gasteiger partial charge on any atom is -0.489 e. The summed E-state index contributed by atoms with van der Waals surface area (Å²) in [5.74, 6) is 0.579. The van der Waals surface area contributed by atoms with Crippen molar-refractivity contribution in [1.29, 1.82) is 0 Å². The van der Waals surface area contributed by atoms with Crippen LogP contribution in [0.15, 0.2) is 84.0 Å². The lowest BCUT2D eigenvalue weighted by molar-refractivity contribution is 0.0955. The lowest BCUT2D eigenvalue weighted by atomic mass is 10.1. The molecule has 0 aromatic heterocycles. The van der Waals surface area contributed by atoms with E-state index in [4.69, 9.17) is 4.74 Å². The number of hydrazone groups is 1. The number of benzene rings is 3. The molecule has 1 N–H and O–H groups in total. The van der Waals surface area contributed by atoms with E-state index in [9.17, 15) is 4.79 Å². The molecule has 1 amide bonds. The van der Waals surface area contributed by atoms with Crippen LogP contribution >= 0.6 is 0 Å². The molecule has 4 heteroatoms. The Morgan fingerprint density at radius 2 is 1.65 bits per heavy atom. The molecule has 0 aliphatic rings. The molecule has 0 saturated carbocycles. The van der Waals surface area contributed by atoms with E-state index >= 15 is 0 Å². The molecule has 0 aliphatic carbocycles. The number of carbonyl (C=O) groups is 1. The van der Waals surface area contributed by atoms with Crippen LogP contribution in [0.25, 0.3) is 0 Å². The Morgan fingerprint density at radius 1 is 0.962 bits per heavy atom. The van der Waals surface area contributed by atoms with Gasteiger partial charge in [-0.1, -0.05) is 60.2 Å². The number of ether oxygens (including phenoxy) is 1. The van der Waals surface area contributed by atoms with E-state index in [-0.39, 0.29) is 5.91 Å². The molecular formula is C22H20N2O2. The molecule has 0 fully saturated rings. The SMILES string of the molecule is Cc1ccc(OCc2ccc(C(=O)N/N=C/c3ccccc3)cc2)cc1. The van der Waals surface area contributed by atoms with Gasteiger partial charge in [-0.05, 0) is 42.3 Å². The first-order valence-electron chi connectivity index (χ1n) is 8.37. The van der Waals surface area contributed by atoms with Crippen LogP contribution in [0.4, 0.5) is 0 Å². The highest BCUT2D eigenvalue weighted by atomic mass is 16.5. The zero-order chi connectivity index (χ0) is 18.2.